The third kappa shape index (κ3) is 10.5. The first-order valence-corrected chi connectivity index (χ1v) is 15.5. The molecule has 0 aliphatic carbocycles. The van der Waals surface area contributed by atoms with Gasteiger partial charge < -0.3 is 20.4 Å². The van der Waals surface area contributed by atoms with Gasteiger partial charge in [-0.3, -0.25) is 19.8 Å². The number of hydrazine groups is 1. The van der Waals surface area contributed by atoms with Crippen LogP contribution in [-0.4, -0.2) is 76.2 Å². The van der Waals surface area contributed by atoms with Gasteiger partial charge in [-0.1, -0.05) is 57.0 Å². The van der Waals surface area contributed by atoms with Gasteiger partial charge in [-0.15, -0.1) is 6.42 Å². The van der Waals surface area contributed by atoms with Gasteiger partial charge in [0.15, 0.2) is 0 Å². The molecule has 0 aliphatic heterocycles. The molecule has 9 nitrogen and oxygen atoms in total. The molecule has 0 fully saturated rings. The van der Waals surface area contributed by atoms with Crippen molar-refractivity contribution in [2.45, 2.75) is 58.6 Å². The number of phenols is 1. The first kappa shape index (κ1) is 34.8. The molecule has 0 saturated heterocycles. The maximum Gasteiger partial charge on any atom is 0.265 e. The van der Waals surface area contributed by atoms with E-state index < -0.39 is 18.1 Å². The van der Waals surface area contributed by atoms with E-state index in [1.807, 2.05) is 26.8 Å². The predicted octanol–water partition coefficient (Wildman–Crippen LogP) is 4.39. The summed E-state index contributed by atoms with van der Waals surface area (Å²) in [6, 6.07) is 19.2. The van der Waals surface area contributed by atoms with E-state index in [4.69, 9.17) is 6.42 Å². The quantitative estimate of drug-likeness (QED) is 0.141. The van der Waals surface area contributed by atoms with Crippen LogP contribution in [0.3, 0.4) is 0 Å². The van der Waals surface area contributed by atoms with Crippen LogP contribution in [0.1, 0.15) is 82.2 Å². The number of benzene rings is 3. The van der Waals surface area contributed by atoms with E-state index in [9.17, 15) is 24.6 Å². The number of hydrogen-bond acceptors (Lipinski definition) is 6. The molecule has 0 bridgehead atoms. The highest BCUT2D eigenvalue weighted by molar-refractivity contribution is 6.00. The summed E-state index contributed by atoms with van der Waals surface area (Å²) in [5.74, 6) is 1.63. The van der Waals surface area contributed by atoms with E-state index in [-0.39, 0.29) is 36.1 Å². The van der Waals surface area contributed by atoms with Crippen LogP contribution in [-0.2, 0) is 6.42 Å². The first-order valence-electron chi connectivity index (χ1n) is 15.5. The van der Waals surface area contributed by atoms with E-state index in [1.54, 1.807) is 58.4 Å². The zero-order chi connectivity index (χ0) is 32.8. The normalized spacial score (nSPS) is 12.2. The Morgan fingerprint density at radius 3 is 2.04 bits per heavy atom. The number of nitrogens with one attached hydrogen (secondary N) is 2. The number of nitrogens with zero attached hydrogens (tertiary/aromatic N) is 2. The van der Waals surface area contributed by atoms with Crippen molar-refractivity contribution < 1.29 is 24.6 Å². The Labute approximate surface area is 266 Å². The summed E-state index contributed by atoms with van der Waals surface area (Å²) >= 11 is 0. The summed E-state index contributed by atoms with van der Waals surface area (Å²) in [7, 11) is 0. The van der Waals surface area contributed by atoms with E-state index in [0.717, 1.165) is 18.4 Å². The van der Waals surface area contributed by atoms with Gasteiger partial charge in [0.1, 0.15) is 5.75 Å². The van der Waals surface area contributed by atoms with Gasteiger partial charge in [0.05, 0.1) is 12.1 Å². The fraction of sp³-hybridized carbons (Fsp3) is 0.361. The van der Waals surface area contributed by atoms with Gasteiger partial charge in [-0.05, 0) is 73.7 Å². The minimum atomic E-state index is -1.10. The van der Waals surface area contributed by atoms with Crippen molar-refractivity contribution in [2.24, 2.45) is 0 Å². The first-order chi connectivity index (χ1) is 21.7. The molecule has 0 aliphatic rings. The Morgan fingerprint density at radius 1 is 0.822 bits per heavy atom. The second kappa shape index (κ2) is 17.6. The molecule has 3 aromatic carbocycles. The highest BCUT2D eigenvalue weighted by Crippen LogP contribution is 2.17. The highest BCUT2D eigenvalue weighted by Gasteiger charge is 2.26. The van der Waals surface area contributed by atoms with Gasteiger partial charge in [0, 0.05) is 48.4 Å². The molecule has 4 N–H and O–H groups in total. The molecular formula is C36H44N4O5. The number of phenolic OH excluding ortho intramolecular Hbond substituents is 1. The van der Waals surface area contributed by atoms with Crippen molar-refractivity contribution in [2.75, 3.05) is 26.2 Å². The van der Waals surface area contributed by atoms with Crippen LogP contribution in [0, 0.1) is 12.3 Å². The number of rotatable bonds is 16. The molecule has 0 spiro atoms. The highest BCUT2D eigenvalue weighted by atomic mass is 16.3. The van der Waals surface area contributed by atoms with Crippen LogP contribution in [0.5, 0.6) is 5.75 Å². The Morgan fingerprint density at radius 2 is 1.44 bits per heavy atom. The lowest BCUT2D eigenvalue weighted by atomic mass is 9.99. The number of terminal acetylenes is 1. The number of aromatic hydroxyl groups is 1. The number of aliphatic hydroxyl groups excluding tert-OH is 1. The van der Waals surface area contributed by atoms with Gasteiger partial charge >= 0.3 is 0 Å². The molecule has 238 valence electrons. The predicted molar refractivity (Wildman–Crippen MR) is 176 cm³/mol. The Bertz CT molecular complexity index is 1450. The maximum absolute atomic E-state index is 13.7. The molecule has 3 aromatic rings. The topological polar surface area (TPSA) is 122 Å². The number of hydrogen-bond donors (Lipinski definition) is 4. The third-order valence-electron chi connectivity index (χ3n) is 7.25. The fourth-order valence-electron chi connectivity index (χ4n) is 5.04. The molecular weight excluding hydrogens is 568 g/mol. The largest absolute Gasteiger partial charge is 0.508 e. The summed E-state index contributed by atoms with van der Waals surface area (Å²) in [6.45, 7) is 7.64. The molecule has 0 radical (unpaired) electrons. The van der Waals surface area contributed by atoms with Gasteiger partial charge in [0.25, 0.3) is 17.7 Å². The average molecular weight is 613 g/mol. The van der Waals surface area contributed by atoms with Crippen molar-refractivity contribution in [3.8, 4) is 18.1 Å². The minimum absolute atomic E-state index is 0.0343. The van der Waals surface area contributed by atoms with E-state index >= 15 is 0 Å². The van der Waals surface area contributed by atoms with E-state index in [2.05, 4.69) is 16.7 Å². The van der Waals surface area contributed by atoms with Crippen LogP contribution in [0.15, 0.2) is 72.8 Å². The molecule has 0 saturated carbocycles. The third-order valence-corrected chi connectivity index (χ3v) is 7.25. The Kier molecular flexibility index (Phi) is 13.6. The van der Waals surface area contributed by atoms with Gasteiger partial charge in [-0.25, -0.2) is 5.01 Å². The van der Waals surface area contributed by atoms with Crippen LogP contribution in [0.2, 0.25) is 0 Å². The molecule has 3 amide bonds. The molecule has 0 heterocycles. The molecule has 45 heavy (non-hydrogen) atoms. The van der Waals surface area contributed by atoms with Gasteiger partial charge in [-0.2, -0.15) is 0 Å². The average Bonchev–Trinajstić information content (AvgIpc) is 3.05. The molecule has 2 atom stereocenters. The zero-order valence-electron chi connectivity index (χ0n) is 26.3. The second-order valence-electron chi connectivity index (χ2n) is 11.0. The smallest absolute Gasteiger partial charge is 0.265 e. The minimum Gasteiger partial charge on any atom is -0.508 e. The van der Waals surface area contributed by atoms with E-state index in [1.165, 1.54) is 18.2 Å². The fourth-order valence-corrected chi connectivity index (χ4v) is 5.04. The Hall–Kier alpha value is -4.65. The maximum atomic E-state index is 13.7. The van der Waals surface area contributed by atoms with Crippen LogP contribution >= 0.6 is 0 Å². The van der Waals surface area contributed by atoms with Crippen molar-refractivity contribution in [1.29, 1.82) is 0 Å². The summed E-state index contributed by atoms with van der Waals surface area (Å²) in [6.07, 6.45) is 7.14. The van der Waals surface area contributed by atoms with Gasteiger partial charge in [0.2, 0.25) is 0 Å². The lowest BCUT2D eigenvalue weighted by Gasteiger charge is -2.30. The van der Waals surface area contributed by atoms with Crippen molar-refractivity contribution >= 4 is 17.7 Å². The zero-order valence-corrected chi connectivity index (χ0v) is 26.3. The lowest BCUT2D eigenvalue weighted by Crippen LogP contribution is -2.53. The Balaban J connectivity index is 1.88. The van der Waals surface area contributed by atoms with E-state index in [0.29, 0.717) is 42.7 Å². The SMILES string of the molecule is C#Cc1cc(C(=O)NC(Cc2ccc(O)cc2)C(O)CN(CCC)NC(=O)c2ccccc2)cc(C(=O)N(CCC)CCC)c1. The van der Waals surface area contributed by atoms with Crippen LogP contribution in [0.4, 0.5) is 0 Å². The lowest BCUT2D eigenvalue weighted by molar-refractivity contribution is 0.0452. The van der Waals surface area contributed by atoms with Crippen molar-refractivity contribution in [3.63, 3.8) is 0 Å². The summed E-state index contributed by atoms with van der Waals surface area (Å²) < 4.78 is 0. The van der Waals surface area contributed by atoms with Crippen molar-refractivity contribution in [3.05, 3.63) is 101 Å². The van der Waals surface area contributed by atoms with Crippen molar-refractivity contribution in [1.82, 2.24) is 20.7 Å². The number of amides is 3. The second-order valence-corrected chi connectivity index (χ2v) is 11.0. The van der Waals surface area contributed by atoms with Crippen LogP contribution in [0.25, 0.3) is 0 Å². The number of carbonyl (C=O) groups excluding carboxylic acids is 3. The monoisotopic (exact) mass is 612 g/mol. The molecule has 3 rings (SSSR count). The standard InChI is InChI=1S/C36H44N4O5/c1-5-18-39(19-6-2)36(45)30-22-26(8-4)21-29(24-30)34(43)37-32(23-27-14-16-31(41)17-15-27)33(42)25-40(20-7-3)38-35(44)28-12-10-9-11-13-28/h4,9-17,21-22,24,32-33,41-42H,5-7,18-20,23,25H2,1-3H3,(H,37,43)(H,38,44). The number of aliphatic hydroxyl groups is 1. The molecule has 9 heteroatoms. The summed E-state index contributed by atoms with van der Waals surface area (Å²) in [4.78, 5) is 41.7. The number of carbonyl (C=O) groups is 3. The molecule has 2 unspecified atom stereocenters. The summed E-state index contributed by atoms with van der Waals surface area (Å²) in [5.41, 5.74) is 5.05. The molecule has 0 aromatic heterocycles. The summed E-state index contributed by atoms with van der Waals surface area (Å²) in [5, 5.41) is 25.8. The van der Waals surface area contributed by atoms with Crippen LogP contribution < -0.4 is 10.7 Å².